The van der Waals surface area contributed by atoms with Crippen molar-refractivity contribution in [2.45, 2.75) is 13.3 Å². The van der Waals surface area contributed by atoms with Crippen molar-refractivity contribution in [3.63, 3.8) is 0 Å². The van der Waals surface area contributed by atoms with Crippen molar-refractivity contribution in [3.05, 3.63) is 53.7 Å². The first-order chi connectivity index (χ1) is 8.28. The van der Waals surface area contributed by atoms with E-state index in [0.29, 0.717) is 5.88 Å². The monoisotopic (exact) mass is 246 g/mol. The molecule has 0 unspecified atom stereocenters. The van der Waals surface area contributed by atoms with Gasteiger partial charge in [0.2, 0.25) is 0 Å². The van der Waals surface area contributed by atoms with Crippen LogP contribution in [0.1, 0.15) is 11.3 Å². The van der Waals surface area contributed by atoms with Crippen LogP contribution in [0.2, 0.25) is 0 Å². The van der Waals surface area contributed by atoms with Crippen molar-refractivity contribution in [2.75, 3.05) is 11.2 Å². The molecule has 17 heavy (non-hydrogen) atoms. The second-order valence-electron chi connectivity index (χ2n) is 3.93. The topological polar surface area (TPSA) is 24.9 Å². The summed E-state index contributed by atoms with van der Waals surface area (Å²) in [4.78, 5) is 4.40. The van der Waals surface area contributed by atoms with E-state index in [2.05, 4.69) is 22.4 Å². The third-order valence-electron chi connectivity index (χ3n) is 2.50. The SMILES string of the molecule is Cc1cccc(Nc2ccc(CCCl)cc2)n1. The molecule has 0 bridgehead atoms. The normalized spacial score (nSPS) is 10.2. The number of nitrogens with one attached hydrogen (secondary N) is 1. The number of nitrogens with zero attached hydrogens (tertiary/aromatic N) is 1. The lowest BCUT2D eigenvalue weighted by molar-refractivity contribution is 1.15. The average Bonchev–Trinajstić information content (AvgIpc) is 2.32. The molecule has 3 heteroatoms. The minimum absolute atomic E-state index is 0.659. The molecule has 0 saturated heterocycles. The summed E-state index contributed by atoms with van der Waals surface area (Å²) in [5, 5.41) is 3.27. The summed E-state index contributed by atoms with van der Waals surface area (Å²) in [6, 6.07) is 14.2. The maximum atomic E-state index is 5.70. The Labute approximate surface area is 107 Å². The van der Waals surface area contributed by atoms with Crippen LogP contribution in [0.3, 0.4) is 0 Å². The van der Waals surface area contributed by atoms with Gasteiger partial charge >= 0.3 is 0 Å². The molecule has 0 aliphatic carbocycles. The summed E-state index contributed by atoms with van der Waals surface area (Å²) in [7, 11) is 0. The van der Waals surface area contributed by atoms with Crippen molar-refractivity contribution in [2.24, 2.45) is 0 Å². The molecule has 1 aromatic heterocycles. The Bertz CT molecular complexity index is 480. The van der Waals surface area contributed by atoms with Gasteiger partial charge in [0.25, 0.3) is 0 Å². The Balaban J connectivity index is 2.08. The molecule has 1 heterocycles. The van der Waals surface area contributed by atoms with E-state index < -0.39 is 0 Å². The number of pyridine rings is 1. The van der Waals surface area contributed by atoms with E-state index in [1.54, 1.807) is 0 Å². The molecule has 0 fully saturated rings. The van der Waals surface area contributed by atoms with Crippen LogP contribution in [0, 0.1) is 6.92 Å². The number of anilines is 2. The Kier molecular flexibility index (Phi) is 3.99. The molecule has 1 aromatic carbocycles. The number of alkyl halides is 1. The van der Waals surface area contributed by atoms with E-state index in [1.165, 1.54) is 5.56 Å². The smallest absolute Gasteiger partial charge is 0.130 e. The van der Waals surface area contributed by atoms with Gasteiger partial charge in [-0.3, -0.25) is 0 Å². The van der Waals surface area contributed by atoms with Crippen molar-refractivity contribution < 1.29 is 0 Å². The molecule has 2 rings (SSSR count). The van der Waals surface area contributed by atoms with Crippen LogP contribution in [0.5, 0.6) is 0 Å². The zero-order chi connectivity index (χ0) is 12.1. The fourth-order valence-corrected chi connectivity index (χ4v) is 1.84. The zero-order valence-electron chi connectivity index (χ0n) is 9.78. The number of halogens is 1. The standard InChI is InChI=1S/C14H15ClN2/c1-11-3-2-4-14(16-11)17-13-7-5-12(6-8-13)9-10-15/h2-8H,9-10H2,1H3,(H,16,17). The van der Waals surface area contributed by atoms with Crippen molar-refractivity contribution in [1.82, 2.24) is 4.98 Å². The molecular weight excluding hydrogens is 232 g/mol. The first-order valence-electron chi connectivity index (χ1n) is 5.63. The van der Waals surface area contributed by atoms with Crippen LogP contribution < -0.4 is 5.32 Å². The number of aromatic nitrogens is 1. The van der Waals surface area contributed by atoms with Gasteiger partial charge in [0.15, 0.2) is 0 Å². The molecule has 2 aromatic rings. The maximum absolute atomic E-state index is 5.70. The molecule has 0 aliphatic heterocycles. The molecule has 2 nitrogen and oxygen atoms in total. The highest BCUT2D eigenvalue weighted by atomic mass is 35.5. The summed E-state index contributed by atoms with van der Waals surface area (Å²) < 4.78 is 0. The predicted molar refractivity (Wildman–Crippen MR) is 73.1 cm³/mol. The second-order valence-corrected chi connectivity index (χ2v) is 4.30. The largest absolute Gasteiger partial charge is 0.340 e. The van der Waals surface area contributed by atoms with E-state index in [-0.39, 0.29) is 0 Å². The molecule has 0 amide bonds. The highest BCUT2D eigenvalue weighted by Gasteiger charge is 1.97. The summed E-state index contributed by atoms with van der Waals surface area (Å²) in [5.41, 5.74) is 3.30. The molecule has 0 radical (unpaired) electrons. The maximum Gasteiger partial charge on any atom is 0.130 e. The van der Waals surface area contributed by atoms with Crippen molar-refractivity contribution in [3.8, 4) is 0 Å². The molecular formula is C14H15ClN2. The number of hydrogen-bond acceptors (Lipinski definition) is 2. The van der Waals surface area contributed by atoms with E-state index in [1.807, 2.05) is 37.3 Å². The molecule has 88 valence electrons. The van der Waals surface area contributed by atoms with Crippen LogP contribution in [0.25, 0.3) is 0 Å². The Morgan fingerprint density at radius 2 is 1.88 bits per heavy atom. The highest BCUT2D eigenvalue weighted by molar-refractivity contribution is 6.17. The van der Waals surface area contributed by atoms with Gasteiger partial charge in [-0.15, -0.1) is 11.6 Å². The quantitative estimate of drug-likeness (QED) is 0.828. The van der Waals surface area contributed by atoms with Crippen LogP contribution in [-0.4, -0.2) is 10.9 Å². The van der Waals surface area contributed by atoms with Gasteiger partial charge in [0, 0.05) is 17.3 Å². The number of aryl methyl sites for hydroxylation is 2. The lowest BCUT2D eigenvalue weighted by atomic mass is 10.1. The summed E-state index contributed by atoms with van der Waals surface area (Å²) in [6.07, 6.45) is 0.907. The number of rotatable bonds is 4. The average molecular weight is 247 g/mol. The third-order valence-corrected chi connectivity index (χ3v) is 2.69. The van der Waals surface area contributed by atoms with Crippen LogP contribution in [-0.2, 0) is 6.42 Å². The lowest BCUT2D eigenvalue weighted by Gasteiger charge is -2.07. The van der Waals surface area contributed by atoms with E-state index in [0.717, 1.165) is 23.6 Å². The Hall–Kier alpha value is -1.54. The molecule has 1 N–H and O–H groups in total. The van der Waals surface area contributed by atoms with Crippen LogP contribution in [0.4, 0.5) is 11.5 Å². The number of benzene rings is 1. The fourth-order valence-electron chi connectivity index (χ4n) is 1.62. The van der Waals surface area contributed by atoms with E-state index >= 15 is 0 Å². The van der Waals surface area contributed by atoms with Crippen LogP contribution in [0.15, 0.2) is 42.5 Å². The van der Waals surface area contributed by atoms with E-state index in [9.17, 15) is 0 Å². The van der Waals surface area contributed by atoms with Gasteiger partial charge in [-0.05, 0) is 43.2 Å². The third kappa shape index (κ3) is 3.46. The van der Waals surface area contributed by atoms with Gasteiger partial charge in [-0.1, -0.05) is 18.2 Å². The first kappa shape index (κ1) is 11.9. The van der Waals surface area contributed by atoms with Gasteiger partial charge < -0.3 is 5.32 Å². The summed E-state index contributed by atoms with van der Waals surface area (Å²) in [6.45, 7) is 1.98. The molecule has 0 saturated carbocycles. The van der Waals surface area contributed by atoms with Crippen molar-refractivity contribution in [1.29, 1.82) is 0 Å². The van der Waals surface area contributed by atoms with Gasteiger partial charge in [0.1, 0.15) is 5.82 Å². The Morgan fingerprint density at radius 1 is 1.12 bits per heavy atom. The predicted octanol–water partition coefficient (Wildman–Crippen LogP) is 3.91. The summed E-state index contributed by atoms with van der Waals surface area (Å²) in [5.74, 6) is 1.53. The molecule has 0 atom stereocenters. The van der Waals surface area contributed by atoms with Gasteiger partial charge in [-0.25, -0.2) is 4.98 Å². The lowest BCUT2D eigenvalue weighted by Crippen LogP contribution is -1.95. The van der Waals surface area contributed by atoms with E-state index in [4.69, 9.17) is 11.6 Å². The molecule has 0 spiro atoms. The first-order valence-corrected chi connectivity index (χ1v) is 6.17. The zero-order valence-corrected chi connectivity index (χ0v) is 10.5. The minimum Gasteiger partial charge on any atom is -0.340 e. The fraction of sp³-hybridized carbons (Fsp3) is 0.214. The van der Waals surface area contributed by atoms with Gasteiger partial charge in [0.05, 0.1) is 0 Å². The summed E-state index contributed by atoms with van der Waals surface area (Å²) >= 11 is 5.70. The molecule has 0 aliphatic rings. The highest BCUT2D eigenvalue weighted by Crippen LogP contribution is 2.15. The second kappa shape index (κ2) is 5.69. The van der Waals surface area contributed by atoms with Gasteiger partial charge in [-0.2, -0.15) is 0 Å². The van der Waals surface area contributed by atoms with Crippen molar-refractivity contribution >= 4 is 23.1 Å². The minimum atomic E-state index is 0.659. The van der Waals surface area contributed by atoms with Crippen LogP contribution >= 0.6 is 11.6 Å². The number of hydrogen-bond donors (Lipinski definition) is 1. The Morgan fingerprint density at radius 3 is 2.53 bits per heavy atom.